The van der Waals surface area contributed by atoms with Crippen LogP contribution in [0, 0.1) is 13.8 Å². The summed E-state index contributed by atoms with van der Waals surface area (Å²) >= 11 is 0. The molecule has 108 valence electrons. The fraction of sp³-hybridized carbons (Fsp3) is 0.278. The third-order valence-electron chi connectivity index (χ3n) is 4.13. The lowest BCUT2D eigenvalue weighted by molar-refractivity contribution is -0.118. The highest BCUT2D eigenvalue weighted by Gasteiger charge is 2.24. The minimum Gasteiger partial charge on any atom is -0.324 e. The first-order valence-electron chi connectivity index (χ1n) is 7.32. The van der Waals surface area contributed by atoms with Gasteiger partial charge in [-0.3, -0.25) is 4.79 Å². The van der Waals surface area contributed by atoms with Gasteiger partial charge in [0, 0.05) is 12.2 Å². The molecule has 0 saturated heterocycles. The molecule has 0 aromatic heterocycles. The Morgan fingerprint density at radius 3 is 2.43 bits per heavy atom. The molecule has 1 aliphatic heterocycles. The van der Waals surface area contributed by atoms with Crippen molar-refractivity contribution in [3.05, 3.63) is 64.7 Å². The molecule has 1 aliphatic rings. The molecule has 0 fully saturated rings. The number of anilines is 1. The van der Waals surface area contributed by atoms with Crippen molar-refractivity contribution in [2.45, 2.75) is 32.9 Å². The van der Waals surface area contributed by atoms with Crippen molar-refractivity contribution < 1.29 is 4.79 Å². The molecule has 21 heavy (non-hydrogen) atoms. The monoisotopic (exact) mass is 280 g/mol. The molecule has 0 bridgehead atoms. The number of para-hydroxylation sites is 1. The average molecular weight is 280 g/mol. The van der Waals surface area contributed by atoms with Gasteiger partial charge in [0.2, 0.25) is 5.91 Å². The molecule has 2 N–H and O–H groups in total. The SMILES string of the molecule is Cc1cccc(C)c1NC(=O)[C@H]1Cc2ccccc2CN1. The van der Waals surface area contributed by atoms with Crippen LogP contribution in [0.1, 0.15) is 22.3 Å². The largest absolute Gasteiger partial charge is 0.324 e. The van der Waals surface area contributed by atoms with Gasteiger partial charge in [0.05, 0.1) is 6.04 Å². The van der Waals surface area contributed by atoms with E-state index in [-0.39, 0.29) is 11.9 Å². The molecule has 0 aliphatic carbocycles. The van der Waals surface area contributed by atoms with Gasteiger partial charge < -0.3 is 10.6 Å². The smallest absolute Gasteiger partial charge is 0.241 e. The molecule has 2 aromatic rings. The predicted octanol–water partition coefficient (Wildman–Crippen LogP) is 2.96. The van der Waals surface area contributed by atoms with Crippen LogP contribution in [0.15, 0.2) is 42.5 Å². The van der Waals surface area contributed by atoms with E-state index in [4.69, 9.17) is 0 Å². The zero-order chi connectivity index (χ0) is 14.8. The highest BCUT2D eigenvalue weighted by Crippen LogP contribution is 2.21. The lowest BCUT2D eigenvalue weighted by Crippen LogP contribution is -2.44. The molecule has 3 heteroatoms. The Morgan fingerprint density at radius 1 is 1.05 bits per heavy atom. The molecule has 0 unspecified atom stereocenters. The number of carbonyl (C=O) groups is 1. The number of rotatable bonds is 2. The van der Waals surface area contributed by atoms with E-state index in [0.29, 0.717) is 0 Å². The van der Waals surface area contributed by atoms with Gasteiger partial charge in [-0.15, -0.1) is 0 Å². The van der Waals surface area contributed by atoms with Crippen LogP contribution in [0.25, 0.3) is 0 Å². The summed E-state index contributed by atoms with van der Waals surface area (Å²) in [7, 11) is 0. The van der Waals surface area contributed by atoms with E-state index in [9.17, 15) is 4.79 Å². The molecule has 0 radical (unpaired) electrons. The van der Waals surface area contributed by atoms with Crippen LogP contribution in [0.3, 0.4) is 0 Å². The van der Waals surface area contributed by atoms with Crippen molar-refractivity contribution in [2.75, 3.05) is 5.32 Å². The maximum atomic E-state index is 12.5. The van der Waals surface area contributed by atoms with Crippen LogP contribution in [-0.4, -0.2) is 11.9 Å². The summed E-state index contributed by atoms with van der Waals surface area (Å²) in [5.74, 6) is 0.0434. The fourth-order valence-corrected chi connectivity index (χ4v) is 2.86. The molecular weight excluding hydrogens is 260 g/mol. The first-order chi connectivity index (χ1) is 10.1. The van der Waals surface area contributed by atoms with Crippen LogP contribution in [0.4, 0.5) is 5.69 Å². The second-order valence-corrected chi connectivity index (χ2v) is 5.66. The van der Waals surface area contributed by atoms with Crippen LogP contribution < -0.4 is 10.6 Å². The van der Waals surface area contributed by atoms with Crippen LogP contribution in [-0.2, 0) is 17.8 Å². The minimum atomic E-state index is -0.168. The third kappa shape index (κ3) is 2.83. The Labute approximate surface area is 125 Å². The Bertz CT molecular complexity index is 658. The Kier molecular flexibility index (Phi) is 3.76. The second kappa shape index (κ2) is 5.70. The highest BCUT2D eigenvalue weighted by atomic mass is 16.2. The number of hydrogen-bond donors (Lipinski definition) is 2. The van der Waals surface area contributed by atoms with Crippen molar-refractivity contribution in [1.82, 2.24) is 5.32 Å². The molecule has 1 heterocycles. The van der Waals surface area contributed by atoms with Crippen molar-refractivity contribution in [2.24, 2.45) is 0 Å². The summed E-state index contributed by atoms with van der Waals surface area (Å²) in [6, 6.07) is 14.2. The van der Waals surface area contributed by atoms with E-state index >= 15 is 0 Å². The van der Waals surface area contributed by atoms with Crippen LogP contribution >= 0.6 is 0 Å². The van der Waals surface area contributed by atoms with Gasteiger partial charge in [-0.25, -0.2) is 0 Å². The average Bonchev–Trinajstić information content (AvgIpc) is 2.50. The summed E-state index contributed by atoms with van der Waals surface area (Å²) < 4.78 is 0. The summed E-state index contributed by atoms with van der Waals surface area (Å²) in [5.41, 5.74) is 5.67. The summed E-state index contributed by atoms with van der Waals surface area (Å²) in [4.78, 5) is 12.5. The van der Waals surface area contributed by atoms with E-state index in [1.807, 2.05) is 44.2 Å². The Morgan fingerprint density at radius 2 is 1.71 bits per heavy atom. The van der Waals surface area contributed by atoms with Crippen molar-refractivity contribution in [3.63, 3.8) is 0 Å². The molecule has 3 nitrogen and oxygen atoms in total. The quantitative estimate of drug-likeness (QED) is 0.888. The minimum absolute atomic E-state index is 0.0434. The van der Waals surface area contributed by atoms with Crippen molar-refractivity contribution in [1.29, 1.82) is 0 Å². The molecule has 2 aromatic carbocycles. The number of carbonyl (C=O) groups excluding carboxylic acids is 1. The zero-order valence-electron chi connectivity index (χ0n) is 12.4. The summed E-state index contributed by atoms with van der Waals surface area (Å²) in [5, 5.41) is 6.40. The summed E-state index contributed by atoms with van der Waals surface area (Å²) in [6.45, 7) is 4.79. The second-order valence-electron chi connectivity index (χ2n) is 5.66. The first kappa shape index (κ1) is 13.8. The molecule has 1 amide bonds. The lowest BCUT2D eigenvalue weighted by Gasteiger charge is -2.26. The van der Waals surface area contributed by atoms with Gasteiger partial charge in [-0.1, -0.05) is 42.5 Å². The zero-order valence-corrected chi connectivity index (χ0v) is 12.4. The summed E-state index contributed by atoms with van der Waals surface area (Å²) in [6.07, 6.45) is 0.743. The first-order valence-corrected chi connectivity index (χ1v) is 7.32. The molecule has 1 atom stereocenters. The fourth-order valence-electron chi connectivity index (χ4n) is 2.86. The molecular formula is C18H20N2O. The van der Waals surface area contributed by atoms with Gasteiger partial charge >= 0.3 is 0 Å². The maximum Gasteiger partial charge on any atom is 0.241 e. The van der Waals surface area contributed by atoms with E-state index in [0.717, 1.165) is 29.8 Å². The lowest BCUT2D eigenvalue weighted by atomic mass is 9.95. The van der Waals surface area contributed by atoms with Crippen molar-refractivity contribution in [3.8, 4) is 0 Å². The van der Waals surface area contributed by atoms with Gasteiger partial charge in [0.1, 0.15) is 0 Å². The van der Waals surface area contributed by atoms with Gasteiger partial charge in [-0.2, -0.15) is 0 Å². The molecule has 3 rings (SSSR count). The number of fused-ring (bicyclic) bond motifs is 1. The number of nitrogens with one attached hydrogen (secondary N) is 2. The highest BCUT2D eigenvalue weighted by molar-refractivity contribution is 5.96. The normalized spacial score (nSPS) is 17.1. The number of benzene rings is 2. The van der Waals surface area contributed by atoms with Crippen LogP contribution in [0.5, 0.6) is 0 Å². The van der Waals surface area contributed by atoms with E-state index in [2.05, 4.69) is 22.8 Å². The van der Waals surface area contributed by atoms with Crippen molar-refractivity contribution >= 4 is 11.6 Å². The number of amides is 1. The van der Waals surface area contributed by atoms with E-state index in [1.54, 1.807) is 0 Å². The van der Waals surface area contributed by atoms with Gasteiger partial charge in [0.15, 0.2) is 0 Å². The standard InChI is InChI=1S/C18H20N2O/c1-12-6-5-7-13(2)17(12)20-18(21)16-10-14-8-3-4-9-15(14)11-19-16/h3-9,16,19H,10-11H2,1-2H3,(H,20,21)/t16-/m1/s1. The number of aryl methyl sites for hydroxylation is 2. The Hall–Kier alpha value is -2.13. The maximum absolute atomic E-state index is 12.5. The van der Waals surface area contributed by atoms with E-state index in [1.165, 1.54) is 11.1 Å². The van der Waals surface area contributed by atoms with E-state index < -0.39 is 0 Å². The third-order valence-corrected chi connectivity index (χ3v) is 4.13. The van der Waals surface area contributed by atoms with Gasteiger partial charge in [0.25, 0.3) is 0 Å². The van der Waals surface area contributed by atoms with Crippen LogP contribution in [0.2, 0.25) is 0 Å². The Balaban J connectivity index is 1.76. The van der Waals surface area contributed by atoms with Gasteiger partial charge in [-0.05, 0) is 42.5 Å². The molecule has 0 spiro atoms. The topological polar surface area (TPSA) is 41.1 Å². The number of hydrogen-bond acceptors (Lipinski definition) is 2. The predicted molar refractivity (Wildman–Crippen MR) is 85.3 cm³/mol. The molecule has 0 saturated carbocycles.